The summed E-state index contributed by atoms with van der Waals surface area (Å²) >= 11 is 0. The molecule has 13 heteroatoms. The summed E-state index contributed by atoms with van der Waals surface area (Å²) in [6.07, 6.45) is -4.36. The summed E-state index contributed by atoms with van der Waals surface area (Å²) in [6, 6.07) is 4.13. The fourth-order valence-electron chi connectivity index (χ4n) is 5.12. The fraction of sp³-hybridized carbons (Fsp3) is 0.387. The largest absolute Gasteiger partial charge is 0.467 e. The maximum Gasteiger partial charge on any atom is 0.417 e. The van der Waals surface area contributed by atoms with E-state index in [0.29, 0.717) is 23.1 Å². The van der Waals surface area contributed by atoms with Crippen molar-refractivity contribution in [1.29, 1.82) is 0 Å². The van der Waals surface area contributed by atoms with Gasteiger partial charge in [-0.05, 0) is 60.7 Å². The molecular formula is C31H32F5N3O5. The van der Waals surface area contributed by atoms with Crippen LogP contribution >= 0.6 is 0 Å². The van der Waals surface area contributed by atoms with Crippen LogP contribution in [0.5, 0.6) is 0 Å². The summed E-state index contributed by atoms with van der Waals surface area (Å²) < 4.78 is 83.4. The zero-order valence-corrected chi connectivity index (χ0v) is 24.7. The lowest BCUT2D eigenvalue weighted by atomic mass is 9.89. The number of carbonyl (C=O) groups is 2. The van der Waals surface area contributed by atoms with Gasteiger partial charge in [-0.2, -0.15) is 13.2 Å². The van der Waals surface area contributed by atoms with Gasteiger partial charge in [0.05, 0.1) is 31.5 Å². The highest BCUT2D eigenvalue weighted by molar-refractivity contribution is 5.97. The summed E-state index contributed by atoms with van der Waals surface area (Å²) in [7, 11) is 2.44. The number of nitrogens with zero attached hydrogens (tertiary/aromatic N) is 1. The van der Waals surface area contributed by atoms with Crippen molar-refractivity contribution in [3.63, 3.8) is 0 Å². The smallest absolute Gasteiger partial charge is 0.417 e. The second-order valence-corrected chi connectivity index (χ2v) is 10.7. The highest BCUT2D eigenvalue weighted by Gasteiger charge is 2.37. The maximum atomic E-state index is 14.9. The molecule has 3 aromatic rings. The number of aromatic nitrogens is 1. The number of anilines is 1. The van der Waals surface area contributed by atoms with Crippen molar-refractivity contribution in [2.75, 3.05) is 12.4 Å². The van der Waals surface area contributed by atoms with Crippen LogP contribution in [0.25, 0.3) is 11.1 Å². The molecule has 0 saturated carbocycles. The third kappa shape index (κ3) is 6.47. The van der Waals surface area contributed by atoms with Crippen LogP contribution in [0, 0.1) is 18.6 Å². The van der Waals surface area contributed by atoms with Crippen LogP contribution < -0.4 is 16.2 Å². The van der Waals surface area contributed by atoms with Crippen molar-refractivity contribution >= 4 is 17.6 Å². The summed E-state index contributed by atoms with van der Waals surface area (Å²) in [4.78, 5) is 38.8. The zero-order valence-electron chi connectivity index (χ0n) is 24.7. The van der Waals surface area contributed by atoms with E-state index in [0.717, 1.165) is 29.9 Å². The number of rotatable bonds is 9. The molecule has 0 unspecified atom stereocenters. The van der Waals surface area contributed by atoms with E-state index in [4.69, 9.17) is 9.47 Å². The van der Waals surface area contributed by atoms with Gasteiger partial charge in [0.2, 0.25) is 0 Å². The first-order valence-electron chi connectivity index (χ1n) is 13.8. The third-order valence-electron chi connectivity index (χ3n) is 7.78. The molecule has 44 heavy (non-hydrogen) atoms. The van der Waals surface area contributed by atoms with Gasteiger partial charge in [-0.15, -0.1) is 0 Å². The van der Waals surface area contributed by atoms with E-state index in [1.165, 1.54) is 26.1 Å². The normalized spacial score (nSPS) is 14.1. The number of esters is 1. The SMILES string of the molecule is CC[C@H](C)Nc1cc(F)c(C(=O)N[C@@H](Cc2ccc(-c3c(C(F)(F)F)cc(C)n(C)c3=O)c3c2COC3)C(=O)OC)c(F)c1. The third-order valence-corrected chi connectivity index (χ3v) is 7.78. The molecule has 0 aliphatic carbocycles. The number of amides is 1. The van der Waals surface area contributed by atoms with E-state index in [1.54, 1.807) is 0 Å². The highest BCUT2D eigenvalue weighted by atomic mass is 19.4. The summed E-state index contributed by atoms with van der Waals surface area (Å²) in [5.74, 6) is -4.41. The number of aryl methyl sites for hydroxylation is 1. The van der Waals surface area contributed by atoms with Crippen LogP contribution in [0.15, 0.2) is 35.1 Å². The predicted octanol–water partition coefficient (Wildman–Crippen LogP) is 5.41. The van der Waals surface area contributed by atoms with Crippen LogP contribution in [-0.2, 0) is 47.1 Å². The van der Waals surface area contributed by atoms with Gasteiger partial charge >= 0.3 is 12.1 Å². The van der Waals surface area contributed by atoms with Crippen molar-refractivity contribution in [2.24, 2.45) is 7.05 Å². The van der Waals surface area contributed by atoms with Crippen LogP contribution in [0.1, 0.15) is 58.6 Å². The number of hydrogen-bond acceptors (Lipinski definition) is 6. The molecular weight excluding hydrogens is 589 g/mol. The summed E-state index contributed by atoms with van der Waals surface area (Å²) in [5, 5.41) is 5.24. The Morgan fingerprint density at radius 3 is 2.32 bits per heavy atom. The number of methoxy groups -OCH3 is 1. The first kappa shape index (κ1) is 32.6. The number of halogens is 5. The van der Waals surface area contributed by atoms with Crippen LogP contribution in [0.4, 0.5) is 27.6 Å². The molecule has 0 spiro atoms. The topological polar surface area (TPSA) is 98.7 Å². The lowest BCUT2D eigenvalue weighted by Crippen LogP contribution is -2.43. The quantitative estimate of drug-likeness (QED) is 0.245. The Bertz CT molecular complexity index is 1640. The first-order chi connectivity index (χ1) is 20.7. The van der Waals surface area contributed by atoms with E-state index in [1.807, 2.05) is 13.8 Å². The first-order valence-corrected chi connectivity index (χ1v) is 13.8. The van der Waals surface area contributed by atoms with Gasteiger partial charge < -0.3 is 24.7 Å². The minimum absolute atomic E-state index is 0.0306. The Morgan fingerprint density at radius 1 is 1.09 bits per heavy atom. The number of alkyl halides is 3. The van der Waals surface area contributed by atoms with Crippen LogP contribution in [0.3, 0.4) is 0 Å². The molecule has 0 saturated heterocycles. The lowest BCUT2D eigenvalue weighted by Gasteiger charge is -2.21. The Kier molecular flexibility index (Phi) is 9.47. The minimum Gasteiger partial charge on any atom is -0.467 e. The van der Waals surface area contributed by atoms with Gasteiger partial charge in [0.15, 0.2) is 0 Å². The molecule has 2 aromatic carbocycles. The van der Waals surface area contributed by atoms with Gasteiger partial charge in [0.1, 0.15) is 23.2 Å². The molecule has 2 heterocycles. The molecule has 8 nitrogen and oxygen atoms in total. The zero-order chi connectivity index (χ0) is 32.5. The number of benzene rings is 2. The number of pyridine rings is 1. The number of hydrogen-bond donors (Lipinski definition) is 2. The second-order valence-electron chi connectivity index (χ2n) is 10.7. The predicted molar refractivity (Wildman–Crippen MR) is 152 cm³/mol. The molecule has 1 amide bonds. The summed E-state index contributed by atoms with van der Waals surface area (Å²) in [6.45, 7) is 4.96. The lowest BCUT2D eigenvalue weighted by molar-refractivity contribution is -0.143. The molecule has 236 valence electrons. The van der Waals surface area contributed by atoms with Gasteiger partial charge in [0.25, 0.3) is 11.5 Å². The van der Waals surface area contributed by atoms with E-state index < -0.39 is 58.0 Å². The van der Waals surface area contributed by atoms with E-state index >= 15 is 0 Å². The average Bonchev–Trinajstić information content (AvgIpc) is 3.45. The Hall–Kier alpha value is -4.26. The van der Waals surface area contributed by atoms with Crippen LogP contribution in [-0.4, -0.2) is 35.6 Å². The number of fused-ring (bicyclic) bond motifs is 1. The molecule has 2 atom stereocenters. The Labute approximate surface area is 250 Å². The standard InChI is InChI=1S/C31H32F5N3O5/c1-6-15(2)37-18-11-23(32)27(24(33)12-18)28(40)38-25(30(42)43-5)10-17-7-8-19(21-14-44-13-20(17)21)26-22(31(34,35)36)9-16(3)39(4)29(26)41/h7-9,11-12,15,25,37H,6,10,13-14H2,1-5H3,(H,38,40)/t15-,25-/m0/s1. The van der Waals surface area contributed by atoms with Crippen molar-refractivity contribution in [3.05, 3.63) is 85.8 Å². The molecule has 4 rings (SSSR count). The van der Waals surface area contributed by atoms with Crippen molar-refractivity contribution in [3.8, 4) is 11.1 Å². The monoisotopic (exact) mass is 621 g/mol. The van der Waals surface area contributed by atoms with Crippen molar-refractivity contribution in [2.45, 2.75) is 65.1 Å². The van der Waals surface area contributed by atoms with E-state index in [2.05, 4.69) is 10.6 Å². The number of nitrogens with one attached hydrogen (secondary N) is 2. The van der Waals surface area contributed by atoms with Gasteiger partial charge in [-0.3, -0.25) is 9.59 Å². The van der Waals surface area contributed by atoms with Crippen molar-refractivity contribution < 1.29 is 41.0 Å². The van der Waals surface area contributed by atoms with Gasteiger partial charge in [-0.1, -0.05) is 19.1 Å². The fourth-order valence-corrected chi connectivity index (χ4v) is 5.12. The van der Waals surface area contributed by atoms with E-state index in [-0.39, 0.29) is 42.6 Å². The Morgan fingerprint density at radius 2 is 1.73 bits per heavy atom. The molecule has 0 bridgehead atoms. The molecule has 1 aromatic heterocycles. The van der Waals surface area contributed by atoms with Gasteiger partial charge in [-0.25, -0.2) is 13.6 Å². The average molecular weight is 622 g/mol. The second kappa shape index (κ2) is 12.8. The molecule has 2 N–H and O–H groups in total. The molecule has 0 radical (unpaired) electrons. The Balaban J connectivity index is 1.70. The maximum absolute atomic E-state index is 14.9. The number of ether oxygens (including phenoxy) is 2. The highest BCUT2D eigenvalue weighted by Crippen LogP contribution is 2.40. The number of carbonyl (C=O) groups excluding carboxylic acids is 2. The molecule has 1 aliphatic heterocycles. The molecule has 0 fully saturated rings. The summed E-state index contributed by atoms with van der Waals surface area (Å²) in [5.41, 5.74) is -1.90. The van der Waals surface area contributed by atoms with Crippen molar-refractivity contribution in [1.82, 2.24) is 9.88 Å². The van der Waals surface area contributed by atoms with E-state index in [9.17, 15) is 36.3 Å². The minimum atomic E-state index is -4.81. The van der Waals surface area contributed by atoms with Gasteiger partial charge in [0, 0.05) is 30.9 Å². The molecule has 1 aliphatic rings. The van der Waals surface area contributed by atoms with Crippen LogP contribution in [0.2, 0.25) is 0 Å².